The lowest BCUT2D eigenvalue weighted by Crippen LogP contribution is -2.18. The molecule has 0 radical (unpaired) electrons. The van der Waals surface area contributed by atoms with Crippen LogP contribution in [0.4, 0.5) is 0 Å². The molecule has 7 heteroatoms. The van der Waals surface area contributed by atoms with Gasteiger partial charge < -0.3 is 15.2 Å². The van der Waals surface area contributed by atoms with Gasteiger partial charge in [-0.3, -0.25) is 0 Å². The number of fused-ring (bicyclic) bond motifs is 2. The van der Waals surface area contributed by atoms with E-state index in [1.54, 1.807) is 4.68 Å². The fourth-order valence-corrected chi connectivity index (χ4v) is 1.89. The van der Waals surface area contributed by atoms with E-state index in [2.05, 4.69) is 10.3 Å². The molecule has 0 spiro atoms. The molecule has 3 rings (SSSR count). The van der Waals surface area contributed by atoms with Gasteiger partial charge >= 0.3 is 0 Å². The van der Waals surface area contributed by atoms with Crippen molar-refractivity contribution in [1.82, 2.24) is 15.0 Å². The van der Waals surface area contributed by atoms with E-state index in [1.807, 2.05) is 12.1 Å². The van der Waals surface area contributed by atoms with Crippen molar-refractivity contribution in [1.29, 1.82) is 0 Å². The molecule has 0 saturated heterocycles. The molecule has 0 unspecified atom stereocenters. The van der Waals surface area contributed by atoms with Crippen molar-refractivity contribution in [3.63, 3.8) is 0 Å². The highest BCUT2D eigenvalue weighted by Crippen LogP contribution is 2.33. The fourth-order valence-electron chi connectivity index (χ4n) is 1.77. The molecule has 0 atom stereocenters. The molecular weight excluding hydrogens is 240 g/mol. The number of ether oxygens (including phenoxy) is 2. The van der Waals surface area contributed by atoms with Crippen LogP contribution in [0.25, 0.3) is 11.0 Å². The minimum atomic E-state index is 0.367. The molecule has 88 valence electrons. The molecule has 2 aromatic rings. The Labute approximate surface area is 102 Å². The predicted octanol–water partition coefficient (Wildman–Crippen LogP) is 0.489. The molecule has 0 aliphatic carbocycles. The largest absolute Gasteiger partial charge is 0.486 e. The van der Waals surface area contributed by atoms with Crippen LogP contribution in [0.2, 0.25) is 0 Å². The van der Waals surface area contributed by atoms with Crippen LogP contribution in [-0.4, -0.2) is 33.2 Å². The monoisotopic (exact) mass is 250 g/mol. The lowest BCUT2D eigenvalue weighted by atomic mass is 10.2. The minimum Gasteiger partial charge on any atom is -0.486 e. The van der Waals surface area contributed by atoms with E-state index >= 15 is 0 Å². The van der Waals surface area contributed by atoms with E-state index in [0.717, 1.165) is 11.0 Å². The first-order valence-electron chi connectivity index (χ1n) is 5.15. The van der Waals surface area contributed by atoms with Gasteiger partial charge in [0.1, 0.15) is 18.7 Å². The molecule has 1 aliphatic rings. The second kappa shape index (κ2) is 3.85. The Balaban J connectivity index is 2.12. The summed E-state index contributed by atoms with van der Waals surface area (Å²) < 4.78 is 12.6. The number of thiocarbonyl (C=S) groups is 1. The van der Waals surface area contributed by atoms with Gasteiger partial charge in [-0.25, -0.2) is 4.68 Å². The summed E-state index contributed by atoms with van der Waals surface area (Å²) in [6, 6.07) is 3.66. The number of hydrogen-bond acceptors (Lipinski definition) is 5. The molecule has 0 fully saturated rings. The van der Waals surface area contributed by atoms with Crippen molar-refractivity contribution in [2.45, 2.75) is 6.54 Å². The first-order chi connectivity index (χ1) is 8.24. The average Bonchev–Trinajstić information content (AvgIpc) is 2.68. The molecule has 6 nitrogen and oxygen atoms in total. The number of rotatable bonds is 2. The Hall–Kier alpha value is -1.89. The van der Waals surface area contributed by atoms with Crippen molar-refractivity contribution >= 4 is 28.2 Å². The van der Waals surface area contributed by atoms with E-state index in [1.165, 1.54) is 0 Å². The van der Waals surface area contributed by atoms with Gasteiger partial charge in [-0.05, 0) is 0 Å². The van der Waals surface area contributed by atoms with E-state index in [-0.39, 0.29) is 0 Å². The molecule has 0 amide bonds. The van der Waals surface area contributed by atoms with Crippen LogP contribution in [-0.2, 0) is 6.54 Å². The molecule has 2 heterocycles. The van der Waals surface area contributed by atoms with Gasteiger partial charge in [-0.1, -0.05) is 17.4 Å². The second-order valence-corrected chi connectivity index (χ2v) is 4.22. The fraction of sp³-hybridized carbons (Fsp3) is 0.300. The predicted molar refractivity (Wildman–Crippen MR) is 65.3 cm³/mol. The molecule has 1 aromatic heterocycles. The second-order valence-electron chi connectivity index (χ2n) is 3.70. The van der Waals surface area contributed by atoms with Crippen LogP contribution < -0.4 is 15.2 Å². The van der Waals surface area contributed by atoms with Crippen LogP contribution in [0.5, 0.6) is 11.5 Å². The normalized spacial score (nSPS) is 13.9. The summed E-state index contributed by atoms with van der Waals surface area (Å²) in [6.45, 7) is 1.47. The number of hydrogen-bond donors (Lipinski definition) is 1. The van der Waals surface area contributed by atoms with Crippen LogP contribution in [0, 0.1) is 0 Å². The zero-order chi connectivity index (χ0) is 11.8. The number of benzene rings is 1. The third kappa shape index (κ3) is 1.78. The van der Waals surface area contributed by atoms with Gasteiger partial charge in [0.05, 0.1) is 17.0 Å². The van der Waals surface area contributed by atoms with Crippen LogP contribution in [0.15, 0.2) is 12.1 Å². The summed E-state index contributed by atoms with van der Waals surface area (Å²) in [6.07, 6.45) is 0. The first-order valence-corrected chi connectivity index (χ1v) is 5.56. The van der Waals surface area contributed by atoms with Gasteiger partial charge in [0.15, 0.2) is 11.5 Å². The topological polar surface area (TPSA) is 75.2 Å². The molecule has 2 N–H and O–H groups in total. The summed E-state index contributed by atoms with van der Waals surface area (Å²) in [4.78, 5) is 0.367. The van der Waals surface area contributed by atoms with Gasteiger partial charge in [-0.2, -0.15) is 0 Å². The summed E-state index contributed by atoms with van der Waals surface area (Å²) in [5, 5.41) is 8.04. The van der Waals surface area contributed by atoms with Crippen molar-refractivity contribution in [2.24, 2.45) is 5.73 Å². The minimum absolute atomic E-state index is 0.367. The Morgan fingerprint density at radius 1 is 1.35 bits per heavy atom. The lowest BCUT2D eigenvalue weighted by molar-refractivity contribution is 0.172. The summed E-state index contributed by atoms with van der Waals surface area (Å²) in [5.41, 5.74) is 7.08. The van der Waals surface area contributed by atoms with Crippen LogP contribution in [0.1, 0.15) is 0 Å². The van der Waals surface area contributed by atoms with E-state index < -0.39 is 0 Å². The van der Waals surface area contributed by atoms with Crippen LogP contribution in [0.3, 0.4) is 0 Å². The summed E-state index contributed by atoms with van der Waals surface area (Å²) >= 11 is 4.86. The molecule has 1 aromatic carbocycles. The molecule has 0 saturated carbocycles. The number of aromatic nitrogens is 3. The lowest BCUT2D eigenvalue weighted by Gasteiger charge is -2.17. The van der Waals surface area contributed by atoms with Gasteiger partial charge in [0.25, 0.3) is 0 Å². The van der Waals surface area contributed by atoms with Crippen LogP contribution >= 0.6 is 12.2 Å². The highest BCUT2D eigenvalue weighted by Gasteiger charge is 2.16. The Bertz CT molecular complexity index is 595. The number of nitrogens with zero attached hydrogens (tertiary/aromatic N) is 3. The quantitative estimate of drug-likeness (QED) is 0.782. The standard InChI is InChI=1S/C10H10N4O2S/c11-10(17)5-14-7-4-9-8(15-1-2-16-9)3-6(7)12-13-14/h3-4H,1-2,5H2,(H2,11,17). The summed E-state index contributed by atoms with van der Waals surface area (Å²) in [5.74, 6) is 1.40. The molecule has 17 heavy (non-hydrogen) atoms. The van der Waals surface area contributed by atoms with E-state index in [9.17, 15) is 0 Å². The Kier molecular flexibility index (Phi) is 2.32. The van der Waals surface area contributed by atoms with Crippen molar-refractivity contribution in [3.8, 4) is 11.5 Å². The van der Waals surface area contributed by atoms with E-state index in [0.29, 0.717) is 36.2 Å². The van der Waals surface area contributed by atoms with Crippen molar-refractivity contribution in [3.05, 3.63) is 12.1 Å². The molecule has 1 aliphatic heterocycles. The number of nitrogens with two attached hydrogens (primary N) is 1. The van der Waals surface area contributed by atoms with Gasteiger partial charge in [0, 0.05) is 12.1 Å². The molecule has 0 bridgehead atoms. The van der Waals surface area contributed by atoms with E-state index in [4.69, 9.17) is 27.4 Å². The van der Waals surface area contributed by atoms with Crippen molar-refractivity contribution < 1.29 is 9.47 Å². The van der Waals surface area contributed by atoms with Gasteiger partial charge in [-0.15, -0.1) is 5.10 Å². The molecular formula is C10H10N4O2S. The highest BCUT2D eigenvalue weighted by atomic mass is 32.1. The maximum Gasteiger partial charge on any atom is 0.163 e. The van der Waals surface area contributed by atoms with Gasteiger partial charge in [0.2, 0.25) is 0 Å². The third-order valence-electron chi connectivity index (χ3n) is 2.48. The highest BCUT2D eigenvalue weighted by molar-refractivity contribution is 7.80. The summed E-state index contributed by atoms with van der Waals surface area (Å²) in [7, 11) is 0. The zero-order valence-corrected chi connectivity index (χ0v) is 9.74. The third-order valence-corrected chi connectivity index (χ3v) is 2.61. The zero-order valence-electron chi connectivity index (χ0n) is 8.92. The maximum atomic E-state index is 5.50. The maximum absolute atomic E-state index is 5.50. The Morgan fingerprint density at radius 3 is 2.76 bits per heavy atom. The smallest absolute Gasteiger partial charge is 0.163 e. The Morgan fingerprint density at radius 2 is 2.06 bits per heavy atom. The SMILES string of the molecule is NC(=S)Cn1nnc2cc3c(cc21)OCCO3. The first kappa shape index (κ1) is 10.3. The average molecular weight is 250 g/mol. The van der Waals surface area contributed by atoms with Crippen molar-refractivity contribution in [2.75, 3.05) is 13.2 Å².